The molecule has 0 spiro atoms. The van der Waals surface area contributed by atoms with Crippen molar-refractivity contribution in [3.05, 3.63) is 42.0 Å². The second kappa shape index (κ2) is 6.68. The molecule has 6 nitrogen and oxygen atoms in total. The second-order valence-electron chi connectivity index (χ2n) is 6.33. The van der Waals surface area contributed by atoms with Crippen LogP contribution < -0.4 is 5.73 Å². The quantitative estimate of drug-likeness (QED) is 0.928. The summed E-state index contributed by atoms with van der Waals surface area (Å²) in [5.41, 5.74) is 8.50. The highest BCUT2D eigenvalue weighted by molar-refractivity contribution is 5.95. The summed E-state index contributed by atoms with van der Waals surface area (Å²) in [6.45, 7) is 6.23. The molecule has 23 heavy (non-hydrogen) atoms. The highest BCUT2D eigenvalue weighted by Gasteiger charge is 2.35. The van der Waals surface area contributed by atoms with Crippen LogP contribution in [0, 0.1) is 12.3 Å². The number of halogens is 1. The summed E-state index contributed by atoms with van der Waals surface area (Å²) < 4.78 is 1.70. The highest BCUT2D eigenvalue weighted by Crippen LogP contribution is 2.29. The Kier molecular flexibility index (Phi) is 5.06. The Balaban J connectivity index is 0.00000192. The largest absolute Gasteiger partial charge is 0.338 e. The Labute approximate surface area is 142 Å². The summed E-state index contributed by atoms with van der Waals surface area (Å²) in [4.78, 5) is 18.5. The zero-order valence-electron chi connectivity index (χ0n) is 13.4. The van der Waals surface area contributed by atoms with Gasteiger partial charge in [0.1, 0.15) is 12.7 Å². The lowest BCUT2D eigenvalue weighted by Gasteiger charge is -2.22. The first-order chi connectivity index (χ1) is 10.5. The van der Waals surface area contributed by atoms with Crippen LogP contribution >= 0.6 is 12.4 Å². The van der Waals surface area contributed by atoms with Gasteiger partial charge < -0.3 is 10.6 Å². The average Bonchev–Trinajstić information content (AvgIpc) is 3.17. The Morgan fingerprint density at radius 2 is 2.22 bits per heavy atom. The molecule has 2 N–H and O–H groups in total. The number of benzene rings is 1. The predicted molar refractivity (Wildman–Crippen MR) is 91.0 cm³/mol. The molecule has 1 unspecified atom stereocenters. The van der Waals surface area contributed by atoms with Crippen molar-refractivity contribution in [1.29, 1.82) is 0 Å². The first kappa shape index (κ1) is 17.4. The Bertz CT molecular complexity index is 688. The average molecular weight is 336 g/mol. The summed E-state index contributed by atoms with van der Waals surface area (Å²) in [5.74, 6) is 0.0745. The number of hydrogen-bond acceptors (Lipinski definition) is 4. The minimum Gasteiger partial charge on any atom is -0.338 e. The SMILES string of the molecule is Cc1cc(C(=O)N2CCC(C)(CN)C2)ccc1-n1cncn1.Cl. The molecule has 1 aromatic heterocycles. The molecule has 7 heteroatoms. The molecule has 0 saturated carbocycles. The van der Waals surface area contributed by atoms with Gasteiger partial charge in [-0.15, -0.1) is 12.4 Å². The number of likely N-dealkylation sites (tertiary alicyclic amines) is 1. The van der Waals surface area contributed by atoms with Gasteiger partial charge in [-0.1, -0.05) is 6.92 Å². The molecule has 0 radical (unpaired) electrons. The fourth-order valence-corrected chi connectivity index (χ4v) is 2.92. The van der Waals surface area contributed by atoms with Crippen LogP contribution in [0.15, 0.2) is 30.9 Å². The molecule has 0 bridgehead atoms. The van der Waals surface area contributed by atoms with Crippen LogP contribution in [-0.2, 0) is 0 Å². The maximum atomic E-state index is 12.7. The molecule has 3 rings (SSSR count). The highest BCUT2D eigenvalue weighted by atomic mass is 35.5. The molecule has 1 aliphatic heterocycles. The zero-order valence-corrected chi connectivity index (χ0v) is 14.2. The van der Waals surface area contributed by atoms with Gasteiger partial charge in [-0.25, -0.2) is 9.67 Å². The number of hydrogen-bond donors (Lipinski definition) is 1. The fraction of sp³-hybridized carbons (Fsp3) is 0.438. The lowest BCUT2D eigenvalue weighted by atomic mass is 9.90. The van der Waals surface area contributed by atoms with E-state index in [2.05, 4.69) is 17.0 Å². The van der Waals surface area contributed by atoms with Gasteiger partial charge in [0.2, 0.25) is 0 Å². The molecule has 1 atom stereocenters. The van der Waals surface area contributed by atoms with Crippen LogP contribution in [0.3, 0.4) is 0 Å². The predicted octanol–water partition coefficient (Wildman–Crippen LogP) is 1.81. The van der Waals surface area contributed by atoms with E-state index in [9.17, 15) is 4.79 Å². The van der Waals surface area contributed by atoms with Gasteiger partial charge in [0.05, 0.1) is 5.69 Å². The van der Waals surface area contributed by atoms with E-state index < -0.39 is 0 Å². The number of rotatable bonds is 3. The summed E-state index contributed by atoms with van der Waals surface area (Å²) >= 11 is 0. The third-order valence-electron chi connectivity index (χ3n) is 4.45. The number of aryl methyl sites for hydroxylation is 1. The minimum atomic E-state index is 0. The van der Waals surface area contributed by atoms with E-state index in [0.717, 1.165) is 30.8 Å². The number of aromatic nitrogens is 3. The topological polar surface area (TPSA) is 77.0 Å². The van der Waals surface area contributed by atoms with E-state index in [0.29, 0.717) is 12.1 Å². The number of nitrogens with two attached hydrogens (primary N) is 1. The Morgan fingerprint density at radius 3 is 2.78 bits per heavy atom. The van der Waals surface area contributed by atoms with Crippen molar-refractivity contribution in [2.75, 3.05) is 19.6 Å². The van der Waals surface area contributed by atoms with E-state index in [-0.39, 0.29) is 23.7 Å². The number of amides is 1. The van der Waals surface area contributed by atoms with Crippen molar-refractivity contribution >= 4 is 18.3 Å². The van der Waals surface area contributed by atoms with Crippen molar-refractivity contribution in [1.82, 2.24) is 19.7 Å². The smallest absolute Gasteiger partial charge is 0.253 e. The molecule has 1 amide bonds. The Morgan fingerprint density at radius 1 is 1.43 bits per heavy atom. The summed E-state index contributed by atoms with van der Waals surface area (Å²) in [6, 6.07) is 5.68. The van der Waals surface area contributed by atoms with E-state index in [4.69, 9.17) is 5.73 Å². The molecule has 0 aliphatic carbocycles. The third-order valence-corrected chi connectivity index (χ3v) is 4.45. The van der Waals surface area contributed by atoms with Crippen LogP contribution in [0.4, 0.5) is 0 Å². The van der Waals surface area contributed by atoms with Crippen molar-refractivity contribution in [3.8, 4) is 5.69 Å². The van der Waals surface area contributed by atoms with E-state index in [1.165, 1.54) is 6.33 Å². The minimum absolute atomic E-state index is 0. The fourth-order valence-electron chi connectivity index (χ4n) is 2.92. The molecular weight excluding hydrogens is 314 g/mol. The first-order valence-corrected chi connectivity index (χ1v) is 7.47. The third kappa shape index (κ3) is 3.38. The number of nitrogens with zero attached hydrogens (tertiary/aromatic N) is 4. The van der Waals surface area contributed by atoms with Gasteiger partial charge in [0.25, 0.3) is 5.91 Å². The zero-order chi connectivity index (χ0) is 15.7. The van der Waals surface area contributed by atoms with Crippen LogP contribution in [0.5, 0.6) is 0 Å². The van der Waals surface area contributed by atoms with Crippen LogP contribution in [0.1, 0.15) is 29.3 Å². The second-order valence-corrected chi connectivity index (χ2v) is 6.33. The van der Waals surface area contributed by atoms with Crippen LogP contribution in [0.2, 0.25) is 0 Å². The van der Waals surface area contributed by atoms with Crippen LogP contribution in [-0.4, -0.2) is 45.2 Å². The van der Waals surface area contributed by atoms with Crippen LogP contribution in [0.25, 0.3) is 5.69 Å². The molecule has 124 valence electrons. The van der Waals surface area contributed by atoms with Gasteiger partial charge in [-0.2, -0.15) is 5.10 Å². The summed E-state index contributed by atoms with van der Waals surface area (Å²) in [5, 5.41) is 4.13. The normalized spacial score (nSPS) is 20.4. The van der Waals surface area contributed by atoms with Gasteiger partial charge >= 0.3 is 0 Å². The maximum absolute atomic E-state index is 12.7. The van der Waals surface area contributed by atoms with Crippen molar-refractivity contribution in [3.63, 3.8) is 0 Å². The molecule has 2 heterocycles. The summed E-state index contributed by atoms with van der Waals surface area (Å²) in [6.07, 6.45) is 4.11. The van der Waals surface area contributed by atoms with Crippen molar-refractivity contribution in [2.24, 2.45) is 11.1 Å². The molecule has 1 fully saturated rings. The maximum Gasteiger partial charge on any atom is 0.253 e. The monoisotopic (exact) mass is 335 g/mol. The molecule has 2 aromatic rings. The number of carbonyl (C=O) groups excluding carboxylic acids is 1. The van der Waals surface area contributed by atoms with E-state index >= 15 is 0 Å². The van der Waals surface area contributed by atoms with Gasteiger partial charge in [0.15, 0.2) is 0 Å². The molecule has 1 aromatic carbocycles. The lowest BCUT2D eigenvalue weighted by Crippen LogP contribution is -2.34. The summed E-state index contributed by atoms with van der Waals surface area (Å²) in [7, 11) is 0. The Hall–Kier alpha value is -1.92. The number of carbonyl (C=O) groups is 1. The van der Waals surface area contributed by atoms with Gasteiger partial charge in [-0.3, -0.25) is 4.79 Å². The van der Waals surface area contributed by atoms with Gasteiger partial charge in [-0.05, 0) is 49.1 Å². The van der Waals surface area contributed by atoms with Gasteiger partial charge in [0, 0.05) is 18.7 Å². The molecule has 1 aliphatic rings. The van der Waals surface area contributed by atoms with E-state index in [1.54, 1.807) is 11.0 Å². The molecule has 1 saturated heterocycles. The van der Waals surface area contributed by atoms with Crippen molar-refractivity contribution in [2.45, 2.75) is 20.3 Å². The van der Waals surface area contributed by atoms with E-state index in [1.807, 2.05) is 30.0 Å². The first-order valence-electron chi connectivity index (χ1n) is 7.47. The standard InChI is InChI=1S/C16H21N5O.ClH/c1-12-7-13(3-4-14(12)21-11-18-10-19-21)15(22)20-6-5-16(2,8-17)9-20;/h3-4,7,10-11H,5-6,8-9,17H2,1-2H3;1H. The molecular formula is C16H22ClN5O. The van der Waals surface area contributed by atoms with Crippen molar-refractivity contribution < 1.29 is 4.79 Å². The lowest BCUT2D eigenvalue weighted by molar-refractivity contribution is 0.0777.